The Balaban J connectivity index is 2.11. The van der Waals surface area contributed by atoms with Crippen molar-refractivity contribution in [2.45, 2.75) is 13.0 Å². The van der Waals surface area contributed by atoms with Crippen LogP contribution >= 0.6 is 0 Å². The number of halogens is 3. The highest BCUT2D eigenvalue weighted by atomic mass is 19.3. The molecule has 0 fully saturated rings. The lowest BCUT2D eigenvalue weighted by Gasteiger charge is -2.09. The fraction of sp³-hybridized carbons (Fsp3) is 0.133. The zero-order valence-electron chi connectivity index (χ0n) is 10.9. The summed E-state index contributed by atoms with van der Waals surface area (Å²) in [6.07, 6.45) is -2.53. The van der Waals surface area contributed by atoms with Crippen molar-refractivity contribution in [3.8, 4) is 0 Å². The number of benzene rings is 2. The van der Waals surface area contributed by atoms with Gasteiger partial charge in [-0.3, -0.25) is 4.79 Å². The summed E-state index contributed by atoms with van der Waals surface area (Å²) < 4.78 is 38.5. The molecule has 110 valence electrons. The van der Waals surface area contributed by atoms with Crippen LogP contribution in [-0.2, 0) is 6.54 Å². The molecule has 0 bridgehead atoms. The molecular formula is C15H13F3N2O. The van der Waals surface area contributed by atoms with E-state index < -0.39 is 18.1 Å². The van der Waals surface area contributed by atoms with Gasteiger partial charge in [0, 0.05) is 17.8 Å². The monoisotopic (exact) mass is 294 g/mol. The van der Waals surface area contributed by atoms with Crippen LogP contribution < -0.4 is 11.1 Å². The minimum absolute atomic E-state index is 0.0637. The van der Waals surface area contributed by atoms with Crippen LogP contribution in [0.25, 0.3) is 0 Å². The van der Waals surface area contributed by atoms with Crippen molar-refractivity contribution in [3.63, 3.8) is 0 Å². The third-order valence-electron chi connectivity index (χ3n) is 2.93. The van der Waals surface area contributed by atoms with Crippen LogP contribution in [0.3, 0.4) is 0 Å². The van der Waals surface area contributed by atoms with Gasteiger partial charge in [0.2, 0.25) is 0 Å². The van der Waals surface area contributed by atoms with Gasteiger partial charge in [-0.25, -0.2) is 13.2 Å². The Labute approximate surface area is 119 Å². The fourth-order valence-electron chi connectivity index (χ4n) is 1.87. The summed E-state index contributed by atoms with van der Waals surface area (Å²) >= 11 is 0. The van der Waals surface area contributed by atoms with Gasteiger partial charge >= 0.3 is 0 Å². The van der Waals surface area contributed by atoms with Crippen LogP contribution in [-0.4, -0.2) is 5.91 Å². The molecule has 2 aromatic carbocycles. The Morgan fingerprint density at radius 1 is 1.19 bits per heavy atom. The SMILES string of the molecule is NC(=O)c1cc(NCc2cccc(C(F)F)c2)ccc1F. The molecule has 3 nitrogen and oxygen atoms in total. The molecule has 6 heteroatoms. The maximum absolute atomic E-state index is 13.3. The first-order valence-corrected chi connectivity index (χ1v) is 6.17. The van der Waals surface area contributed by atoms with Crippen LogP contribution in [0.4, 0.5) is 18.9 Å². The average molecular weight is 294 g/mol. The first-order valence-electron chi connectivity index (χ1n) is 6.17. The maximum atomic E-state index is 13.3. The summed E-state index contributed by atoms with van der Waals surface area (Å²) in [6, 6.07) is 9.81. The maximum Gasteiger partial charge on any atom is 0.263 e. The first-order chi connectivity index (χ1) is 9.97. The average Bonchev–Trinajstić information content (AvgIpc) is 2.46. The number of carbonyl (C=O) groups excluding carboxylic acids is 1. The number of rotatable bonds is 5. The van der Waals surface area contributed by atoms with Crippen molar-refractivity contribution in [2.24, 2.45) is 5.73 Å². The summed E-state index contributed by atoms with van der Waals surface area (Å²) in [5, 5.41) is 2.93. The molecule has 0 aliphatic carbocycles. The molecule has 2 rings (SSSR count). The number of primary amides is 1. The number of amides is 1. The normalized spacial score (nSPS) is 10.7. The van der Waals surface area contributed by atoms with Gasteiger partial charge in [0.25, 0.3) is 12.3 Å². The fourth-order valence-corrected chi connectivity index (χ4v) is 1.87. The van der Waals surface area contributed by atoms with Gasteiger partial charge in [-0.05, 0) is 29.8 Å². The number of hydrogen-bond donors (Lipinski definition) is 2. The topological polar surface area (TPSA) is 55.1 Å². The highest BCUT2D eigenvalue weighted by molar-refractivity contribution is 5.94. The highest BCUT2D eigenvalue weighted by Gasteiger charge is 2.09. The second-order valence-electron chi connectivity index (χ2n) is 4.46. The molecule has 0 aromatic heterocycles. The third-order valence-corrected chi connectivity index (χ3v) is 2.93. The summed E-state index contributed by atoms with van der Waals surface area (Å²) in [5.41, 5.74) is 5.90. The van der Waals surface area contributed by atoms with E-state index in [4.69, 9.17) is 5.73 Å². The minimum atomic E-state index is -2.53. The summed E-state index contributed by atoms with van der Waals surface area (Å²) in [5.74, 6) is -1.57. The highest BCUT2D eigenvalue weighted by Crippen LogP contribution is 2.20. The minimum Gasteiger partial charge on any atom is -0.381 e. The van der Waals surface area contributed by atoms with Gasteiger partial charge in [-0.2, -0.15) is 0 Å². The zero-order valence-corrected chi connectivity index (χ0v) is 10.9. The lowest BCUT2D eigenvalue weighted by molar-refractivity contribution is 0.0996. The Kier molecular flexibility index (Phi) is 4.47. The molecule has 0 aliphatic heterocycles. The quantitative estimate of drug-likeness (QED) is 0.887. The summed E-state index contributed by atoms with van der Waals surface area (Å²) in [7, 11) is 0. The largest absolute Gasteiger partial charge is 0.381 e. The van der Waals surface area contributed by atoms with E-state index in [1.54, 1.807) is 6.07 Å². The van der Waals surface area contributed by atoms with E-state index in [-0.39, 0.29) is 17.7 Å². The van der Waals surface area contributed by atoms with Crippen LogP contribution in [0.15, 0.2) is 42.5 Å². The van der Waals surface area contributed by atoms with Gasteiger partial charge in [-0.1, -0.05) is 18.2 Å². The van der Waals surface area contributed by atoms with Crippen molar-refractivity contribution < 1.29 is 18.0 Å². The predicted octanol–water partition coefficient (Wildman–Crippen LogP) is 3.47. The smallest absolute Gasteiger partial charge is 0.263 e. The number of nitrogens with one attached hydrogen (secondary N) is 1. The van der Waals surface area contributed by atoms with Crippen LogP contribution in [0.2, 0.25) is 0 Å². The Bertz CT molecular complexity index is 659. The van der Waals surface area contributed by atoms with Gasteiger partial charge in [0.15, 0.2) is 0 Å². The predicted molar refractivity (Wildman–Crippen MR) is 73.6 cm³/mol. The molecule has 0 spiro atoms. The van der Waals surface area contributed by atoms with E-state index >= 15 is 0 Å². The van der Waals surface area contributed by atoms with E-state index in [2.05, 4.69) is 5.32 Å². The van der Waals surface area contributed by atoms with Crippen LogP contribution in [0.1, 0.15) is 27.9 Å². The standard InChI is InChI=1S/C15H13F3N2O/c16-13-5-4-11(7-12(13)15(19)21)20-8-9-2-1-3-10(6-9)14(17)18/h1-7,14,20H,8H2,(H2,19,21). The Hall–Kier alpha value is -2.50. The van der Waals surface area contributed by atoms with Gasteiger partial charge in [-0.15, -0.1) is 0 Å². The molecular weight excluding hydrogens is 281 g/mol. The molecule has 0 unspecified atom stereocenters. The lowest BCUT2D eigenvalue weighted by atomic mass is 10.1. The van der Waals surface area contributed by atoms with Gasteiger partial charge < -0.3 is 11.1 Å². The number of anilines is 1. The number of alkyl halides is 2. The van der Waals surface area contributed by atoms with Crippen molar-refractivity contribution in [1.29, 1.82) is 0 Å². The Morgan fingerprint density at radius 2 is 1.95 bits per heavy atom. The van der Waals surface area contributed by atoms with Crippen LogP contribution in [0.5, 0.6) is 0 Å². The molecule has 0 atom stereocenters. The summed E-state index contributed by atoms with van der Waals surface area (Å²) in [6.45, 7) is 0.268. The van der Waals surface area contributed by atoms with E-state index in [0.29, 0.717) is 11.3 Å². The number of carbonyl (C=O) groups is 1. The molecule has 0 radical (unpaired) electrons. The van der Waals surface area contributed by atoms with Gasteiger partial charge in [0.05, 0.1) is 5.56 Å². The molecule has 21 heavy (non-hydrogen) atoms. The van der Waals surface area contributed by atoms with Crippen molar-refractivity contribution in [1.82, 2.24) is 0 Å². The van der Waals surface area contributed by atoms with E-state index in [1.807, 2.05) is 0 Å². The molecule has 0 saturated heterocycles. The molecule has 1 amide bonds. The molecule has 0 heterocycles. The van der Waals surface area contributed by atoms with Crippen molar-refractivity contribution in [2.75, 3.05) is 5.32 Å². The first kappa shape index (κ1) is 14.9. The molecule has 3 N–H and O–H groups in total. The molecule has 0 aliphatic rings. The van der Waals surface area contributed by atoms with E-state index in [9.17, 15) is 18.0 Å². The summed E-state index contributed by atoms with van der Waals surface area (Å²) in [4.78, 5) is 11.0. The van der Waals surface area contributed by atoms with E-state index in [1.165, 1.54) is 30.3 Å². The second-order valence-corrected chi connectivity index (χ2v) is 4.46. The Morgan fingerprint density at radius 3 is 2.62 bits per heavy atom. The molecule has 2 aromatic rings. The van der Waals surface area contributed by atoms with Crippen LogP contribution in [0, 0.1) is 5.82 Å². The van der Waals surface area contributed by atoms with Crippen molar-refractivity contribution in [3.05, 3.63) is 65.0 Å². The zero-order chi connectivity index (χ0) is 15.4. The third kappa shape index (κ3) is 3.75. The molecule has 0 saturated carbocycles. The van der Waals surface area contributed by atoms with Gasteiger partial charge in [0.1, 0.15) is 5.82 Å². The number of nitrogens with two attached hydrogens (primary N) is 1. The van der Waals surface area contributed by atoms with Crippen molar-refractivity contribution >= 4 is 11.6 Å². The van der Waals surface area contributed by atoms with E-state index in [0.717, 1.165) is 6.07 Å². The lowest BCUT2D eigenvalue weighted by Crippen LogP contribution is -2.13. The number of hydrogen-bond acceptors (Lipinski definition) is 2. The second kappa shape index (κ2) is 6.30.